The quantitative estimate of drug-likeness (QED) is 0.861. The number of fused-ring (bicyclic) bond motifs is 1. The maximum Gasteiger partial charge on any atom is 0.271 e. The maximum atomic E-state index is 12.1. The number of hydrogen-bond acceptors (Lipinski definition) is 6. The fraction of sp³-hybridized carbons (Fsp3) is 0.500. The SMILES string of the molecule is CC(NC(=O)c1csc(CN)n1)c1nnc2n1CCC2. The van der Waals surface area contributed by atoms with Gasteiger partial charge in [0.25, 0.3) is 5.91 Å². The molecular formula is C12H16N6OS. The molecular weight excluding hydrogens is 276 g/mol. The topological polar surface area (TPSA) is 98.7 Å². The third-order valence-electron chi connectivity index (χ3n) is 3.33. The molecule has 106 valence electrons. The van der Waals surface area contributed by atoms with Crippen molar-refractivity contribution < 1.29 is 4.79 Å². The van der Waals surface area contributed by atoms with Crippen LogP contribution in [0.15, 0.2) is 5.38 Å². The summed E-state index contributed by atoms with van der Waals surface area (Å²) in [6.07, 6.45) is 2.05. The summed E-state index contributed by atoms with van der Waals surface area (Å²) in [4.78, 5) is 16.3. The zero-order valence-electron chi connectivity index (χ0n) is 11.2. The third kappa shape index (κ3) is 2.32. The van der Waals surface area contributed by atoms with Gasteiger partial charge in [-0.3, -0.25) is 4.79 Å². The standard InChI is InChI=1S/C12H16N6OS/c1-7(11-17-16-9-3-2-4-18(9)11)14-12(19)8-6-20-10(5-13)15-8/h6-7H,2-5,13H2,1H3,(H,14,19). The molecule has 20 heavy (non-hydrogen) atoms. The Labute approximate surface area is 120 Å². The summed E-state index contributed by atoms with van der Waals surface area (Å²) in [5.41, 5.74) is 5.90. The van der Waals surface area contributed by atoms with E-state index in [1.807, 2.05) is 6.92 Å². The van der Waals surface area contributed by atoms with Crippen LogP contribution in [0, 0.1) is 0 Å². The van der Waals surface area contributed by atoms with Crippen molar-refractivity contribution in [3.8, 4) is 0 Å². The molecule has 1 unspecified atom stereocenters. The number of carbonyl (C=O) groups is 1. The normalized spacial score (nSPS) is 15.1. The van der Waals surface area contributed by atoms with E-state index in [1.54, 1.807) is 5.38 Å². The molecule has 0 saturated heterocycles. The number of carbonyl (C=O) groups excluding carboxylic acids is 1. The average molecular weight is 292 g/mol. The minimum absolute atomic E-state index is 0.190. The Bertz CT molecular complexity index is 634. The summed E-state index contributed by atoms with van der Waals surface area (Å²) >= 11 is 1.39. The molecule has 1 amide bonds. The Morgan fingerprint density at radius 3 is 3.20 bits per heavy atom. The Balaban J connectivity index is 1.72. The van der Waals surface area contributed by atoms with Gasteiger partial charge in [-0.25, -0.2) is 4.98 Å². The van der Waals surface area contributed by atoms with Crippen LogP contribution in [0.25, 0.3) is 0 Å². The van der Waals surface area contributed by atoms with Gasteiger partial charge < -0.3 is 15.6 Å². The molecule has 3 N–H and O–H groups in total. The van der Waals surface area contributed by atoms with Gasteiger partial charge >= 0.3 is 0 Å². The van der Waals surface area contributed by atoms with Crippen LogP contribution in [-0.2, 0) is 19.5 Å². The lowest BCUT2D eigenvalue weighted by Gasteiger charge is -2.12. The lowest BCUT2D eigenvalue weighted by Crippen LogP contribution is -2.29. The average Bonchev–Trinajstić information content (AvgIpc) is 3.14. The van der Waals surface area contributed by atoms with Crippen molar-refractivity contribution in [1.29, 1.82) is 0 Å². The van der Waals surface area contributed by atoms with Gasteiger partial charge in [-0.05, 0) is 13.3 Å². The minimum Gasteiger partial charge on any atom is -0.341 e. The predicted octanol–water partition coefficient (Wildman–Crippen LogP) is 0.630. The lowest BCUT2D eigenvalue weighted by molar-refractivity contribution is 0.0933. The van der Waals surface area contributed by atoms with Gasteiger partial charge in [-0.2, -0.15) is 0 Å². The van der Waals surface area contributed by atoms with Crippen molar-refractivity contribution >= 4 is 17.2 Å². The molecule has 1 aliphatic heterocycles. The summed E-state index contributed by atoms with van der Waals surface area (Å²) < 4.78 is 2.08. The molecule has 3 rings (SSSR count). The summed E-state index contributed by atoms with van der Waals surface area (Å²) in [7, 11) is 0. The first-order valence-corrected chi connectivity index (χ1v) is 7.44. The van der Waals surface area contributed by atoms with Gasteiger partial charge in [-0.1, -0.05) is 0 Å². The van der Waals surface area contributed by atoms with Gasteiger partial charge in [0.15, 0.2) is 5.82 Å². The molecule has 0 aliphatic carbocycles. The van der Waals surface area contributed by atoms with Crippen LogP contribution in [0.3, 0.4) is 0 Å². The lowest BCUT2D eigenvalue weighted by atomic mass is 10.3. The number of thiazole rings is 1. The number of rotatable bonds is 4. The fourth-order valence-electron chi connectivity index (χ4n) is 2.34. The van der Waals surface area contributed by atoms with Gasteiger partial charge in [0.2, 0.25) is 0 Å². The minimum atomic E-state index is -0.205. The van der Waals surface area contributed by atoms with Gasteiger partial charge in [0.1, 0.15) is 16.5 Å². The van der Waals surface area contributed by atoms with Crippen LogP contribution in [0.1, 0.15) is 46.5 Å². The number of amides is 1. The van der Waals surface area contributed by atoms with Gasteiger partial charge in [0, 0.05) is 24.9 Å². The Hall–Kier alpha value is -1.80. The largest absolute Gasteiger partial charge is 0.341 e. The summed E-state index contributed by atoms with van der Waals surface area (Å²) in [5.74, 6) is 1.60. The molecule has 7 nitrogen and oxygen atoms in total. The highest BCUT2D eigenvalue weighted by Crippen LogP contribution is 2.19. The van der Waals surface area contributed by atoms with Gasteiger partial charge in [0.05, 0.1) is 6.04 Å². The second-order valence-electron chi connectivity index (χ2n) is 4.76. The van der Waals surface area contributed by atoms with E-state index in [4.69, 9.17) is 5.73 Å². The number of nitrogens with one attached hydrogen (secondary N) is 1. The van der Waals surface area contributed by atoms with E-state index in [0.29, 0.717) is 12.2 Å². The van der Waals surface area contributed by atoms with Crippen LogP contribution in [0.5, 0.6) is 0 Å². The monoisotopic (exact) mass is 292 g/mol. The van der Waals surface area contributed by atoms with Crippen molar-refractivity contribution in [3.63, 3.8) is 0 Å². The maximum absolute atomic E-state index is 12.1. The molecule has 0 bridgehead atoms. The van der Waals surface area contributed by atoms with Crippen molar-refractivity contribution in [2.75, 3.05) is 0 Å². The van der Waals surface area contributed by atoms with Crippen LogP contribution in [0.4, 0.5) is 0 Å². The first kappa shape index (κ1) is 13.2. The van der Waals surface area contributed by atoms with E-state index in [9.17, 15) is 4.79 Å². The highest BCUT2D eigenvalue weighted by molar-refractivity contribution is 7.09. The number of aryl methyl sites for hydroxylation is 1. The molecule has 1 atom stereocenters. The van der Waals surface area contributed by atoms with E-state index in [2.05, 4.69) is 25.1 Å². The molecule has 0 spiro atoms. The van der Waals surface area contributed by atoms with Crippen LogP contribution >= 0.6 is 11.3 Å². The Morgan fingerprint density at radius 2 is 2.45 bits per heavy atom. The van der Waals surface area contributed by atoms with Gasteiger partial charge in [-0.15, -0.1) is 21.5 Å². The molecule has 0 aromatic carbocycles. The third-order valence-corrected chi connectivity index (χ3v) is 4.20. The number of nitrogens with zero attached hydrogens (tertiary/aromatic N) is 4. The van der Waals surface area contributed by atoms with E-state index >= 15 is 0 Å². The zero-order valence-corrected chi connectivity index (χ0v) is 12.0. The number of aromatic nitrogens is 4. The van der Waals surface area contributed by atoms with E-state index in [1.165, 1.54) is 11.3 Å². The molecule has 8 heteroatoms. The van der Waals surface area contributed by atoms with Crippen LogP contribution in [0.2, 0.25) is 0 Å². The molecule has 2 aromatic rings. The molecule has 0 saturated carbocycles. The molecule has 2 aromatic heterocycles. The Morgan fingerprint density at radius 1 is 1.60 bits per heavy atom. The number of nitrogens with two attached hydrogens (primary N) is 1. The predicted molar refractivity (Wildman–Crippen MR) is 74.2 cm³/mol. The van der Waals surface area contributed by atoms with Crippen LogP contribution < -0.4 is 11.1 Å². The molecule has 1 aliphatic rings. The molecule has 0 radical (unpaired) electrons. The van der Waals surface area contributed by atoms with E-state index in [-0.39, 0.29) is 11.9 Å². The van der Waals surface area contributed by atoms with E-state index < -0.39 is 0 Å². The zero-order chi connectivity index (χ0) is 14.1. The first-order valence-electron chi connectivity index (χ1n) is 6.56. The van der Waals surface area contributed by atoms with Crippen molar-refractivity contribution in [1.82, 2.24) is 25.1 Å². The van der Waals surface area contributed by atoms with E-state index in [0.717, 1.165) is 36.0 Å². The van der Waals surface area contributed by atoms with Crippen molar-refractivity contribution in [2.45, 2.75) is 38.9 Å². The molecule has 0 fully saturated rings. The second-order valence-corrected chi connectivity index (χ2v) is 5.70. The Kier molecular flexibility index (Phi) is 3.49. The number of hydrogen-bond donors (Lipinski definition) is 2. The highest BCUT2D eigenvalue weighted by atomic mass is 32.1. The molecule has 3 heterocycles. The summed E-state index contributed by atoms with van der Waals surface area (Å²) in [5, 5.41) is 13.7. The second kappa shape index (κ2) is 5.29. The highest BCUT2D eigenvalue weighted by Gasteiger charge is 2.23. The van der Waals surface area contributed by atoms with Crippen molar-refractivity contribution in [2.24, 2.45) is 5.73 Å². The van der Waals surface area contributed by atoms with Crippen molar-refractivity contribution in [3.05, 3.63) is 27.7 Å². The summed E-state index contributed by atoms with van der Waals surface area (Å²) in [6, 6.07) is -0.190. The summed E-state index contributed by atoms with van der Waals surface area (Å²) in [6.45, 7) is 3.18. The fourth-order valence-corrected chi connectivity index (χ4v) is 2.99. The van der Waals surface area contributed by atoms with Crippen LogP contribution in [-0.4, -0.2) is 25.7 Å². The smallest absolute Gasteiger partial charge is 0.271 e. The first-order chi connectivity index (χ1) is 9.69.